The van der Waals surface area contributed by atoms with Gasteiger partial charge in [-0.1, -0.05) is 29.8 Å². The van der Waals surface area contributed by atoms with Crippen molar-refractivity contribution in [2.75, 3.05) is 20.8 Å². The third-order valence-electron chi connectivity index (χ3n) is 6.61. The van der Waals surface area contributed by atoms with Crippen LogP contribution in [0.3, 0.4) is 0 Å². The van der Waals surface area contributed by atoms with E-state index in [0.29, 0.717) is 51.0 Å². The van der Waals surface area contributed by atoms with Gasteiger partial charge in [0.1, 0.15) is 5.82 Å². The summed E-state index contributed by atoms with van der Waals surface area (Å²) in [6.07, 6.45) is 0. The largest absolute Gasteiger partial charge is 0.503 e. The zero-order valence-corrected chi connectivity index (χ0v) is 22.6. The summed E-state index contributed by atoms with van der Waals surface area (Å²) in [5, 5.41) is 12.0. The molecular weight excluding hydrogens is 541 g/mol. The number of rotatable bonds is 9. The van der Waals surface area contributed by atoms with Gasteiger partial charge >= 0.3 is 0 Å². The first-order valence-electron chi connectivity index (χ1n) is 12.4. The van der Waals surface area contributed by atoms with Crippen LogP contribution in [0.4, 0.5) is 4.39 Å². The Bertz CT molecular complexity index is 1640. The molecule has 8 nitrogen and oxygen atoms in total. The molecule has 1 aromatic heterocycles. The first kappa shape index (κ1) is 27.1. The van der Waals surface area contributed by atoms with E-state index in [0.717, 1.165) is 0 Å². The number of aliphatic hydroxyl groups is 1. The van der Waals surface area contributed by atoms with Gasteiger partial charge in [-0.25, -0.2) is 4.39 Å². The minimum absolute atomic E-state index is 0.00974. The Morgan fingerprint density at radius 2 is 1.75 bits per heavy atom. The molecule has 0 bridgehead atoms. The number of hydrogen-bond acceptors (Lipinski definition) is 7. The number of amides is 1. The molecule has 40 heavy (non-hydrogen) atoms. The average molecular weight is 566 g/mol. The number of methoxy groups -OCH3 is 2. The summed E-state index contributed by atoms with van der Waals surface area (Å²) in [5.41, 5.74) is 1.21. The Morgan fingerprint density at radius 1 is 1.02 bits per heavy atom. The van der Waals surface area contributed by atoms with Gasteiger partial charge in [-0.2, -0.15) is 0 Å². The van der Waals surface area contributed by atoms with Crippen LogP contribution in [0, 0.1) is 5.82 Å². The highest BCUT2D eigenvalue weighted by Gasteiger charge is 2.45. The zero-order chi connectivity index (χ0) is 28.6. The lowest BCUT2D eigenvalue weighted by molar-refractivity contribution is -0.130. The molecule has 1 atom stereocenters. The fourth-order valence-corrected chi connectivity index (χ4v) is 5.01. The van der Waals surface area contributed by atoms with Gasteiger partial charge in [0.15, 0.2) is 34.4 Å². The highest BCUT2D eigenvalue weighted by molar-refractivity contribution is 6.31. The lowest BCUT2D eigenvalue weighted by Gasteiger charge is -2.27. The van der Waals surface area contributed by atoms with Crippen molar-refractivity contribution in [3.8, 4) is 17.2 Å². The molecule has 5 rings (SSSR count). The molecule has 0 radical (unpaired) electrons. The van der Waals surface area contributed by atoms with Crippen molar-refractivity contribution >= 4 is 34.3 Å². The number of ketones is 1. The summed E-state index contributed by atoms with van der Waals surface area (Å²) < 4.78 is 35.9. The van der Waals surface area contributed by atoms with Crippen LogP contribution in [-0.4, -0.2) is 42.5 Å². The number of nitrogens with zero attached hydrogens (tertiary/aromatic N) is 1. The normalized spacial score (nSPS) is 15.2. The van der Waals surface area contributed by atoms with E-state index in [1.807, 2.05) is 6.92 Å². The number of Topliss-reactive ketones (excluding diaryl/α,β-unsaturated/α-hetero) is 1. The van der Waals surface area contributed by atoms with Crippen molar-refractivity contribution in [3.05, 3.63) is 99.7 Å². The summed E-state index contributed by atoms with van der Waals surface area (Å²) in [7, 11) is 2.95. The molecule has 1 unspecified atom stereocenters. The molecule has 0 spiro atoms. The van der Waals surface area contributed by atoms with Gasteiger partial charge in [0, 0.05) is 23.0 Å². The maximum atomic E-state index is 13.9. The average Bonchev–Trinajstić information content (AvgIpc) is 3.48. The predicted molar refractivity (Wildman–Crippen MR) is 146 cm³/mol. The lowest BCUT2D eigenvalue weighted by Crippen LogP contribution is -2.30. The number of fused-ring (bicyclic) bond motifs is 1. The number of carbonyl (C=O) groups is 2. The zero-order valence-electron chi connectivity index (χ0n) is 21.9. The maximum absolute atomic E-state index is 13.9. The van der Waals surface area contributed by atoms with Crippen LogP contribution in [0.5, 0.6) is 17.2 Å². The number of hydrogen-bond donors (Lipinski definition) is 1. The van der Waals surface area contributed by atoms with Crippen molar-refractivity contribution in [2.45, 2.75) is 19.5 Å². The minimum atomic E-state index is -1.02. The number of halogens is 2. The maximum Gasteiger partial charge on any atom is 0.290 e. The van der Waals surface area contributed by atoms with Gasteiger partial charge < -0.3 is 28.6 Å². The van der Waals surface area contributed by atoms with E-state index in [-0.39, 0.29) is 17.9 Å². The molecule has 1 aliphatic heterocycles. The van der Waals surface area contributed by atoms with E-state index in [9.17, 15) is 19.1 Å². The number of benzene rings is 3. The first-order valence-corrected chi connectivity index (χ1v) is 12.7. The molecule has 4 aromatic rings. The summed E-state index contributed by atoms with van der Waals surface area (Å²) in [4.78, 5) is 28.7. The van der Waals surface area contributed by atoms with Crippen molar-refractivity contribution in [3.63, 3.8) is 0 Å². The monoisotopic (exact) mass is 565 g/mol. The number of furan rings is 1. The quantitative estimate of drug-likeness (QED) is 0.234. The molecular formula is C30H25ClFNO7. The van der Waals surface area contributed by atoms with Crippen LogP contribution in [0.15, 0.2) is 76.4 Å². The topological polar surface area (TPSA) is 98.4 Å². The number of ether oxygens (including phenoxy) is 3. The van der Waals surface area contributed by atoms with Crippen molar-refractivity contribution in [2.24, 2.45) is 0 Å². The number of aliphatic hydroxyl groups excluding tert-OH is 1. The highest BCUT2D eigenvalue weighted by Crippen LogP contribution is 2.43. The van der Waals surface area contributed by atoms with Crippen LogP contribution in [-0.2, 0) is 11.3 Å². The second-order valence-electron chi connectivity index (χ2n) is 9.03. The smallest absolute Gasteiger partial charge is 0.290 e. The summed E-state index contributed by atoms with van der Waals surface area (Å²) in [6.45, 7) is 2.15. The Labute approximate surface area is 234 Å². The predicted octanol–water partition coefficient (Wildman–Crippen LogP) is 6.42. The van der Waals surface area contributed by atoms with Crippen LogP contribution in [0.25, 0.3) is 11.0 Å². The molecule has 0 saturated heterocycles. The summed E-state index contributed by atoms with van der Waals surface area (Å²) in [5.74, 6) is -1.52. The fraction of sp³-hybridized carbons (Fsp3) is 0.200. The van der Waals surface area contributed by atoms with Crippen LogP contribution < -0.4 is 14.2 Å². The fourth-order valence-electron chi connectivity index (χ4n) is 4.80. The molecule has 10 heteroatoms. The third kappa shape index (κ3) is 4.84. The Balaban J connectivity index is 1.63. The van der Waals surface area contributed by atoms with Gasteiger partial charge in [-0.05, 0) is 54.4 Å². The Hall–Kier alpha value is -4.50. The van der Waals surface area contributed by atoms with E-state index in [1.54, 1.807) is 30.3 Å². The van der Waals surface area contributed by atoms with E-state index in [2.05, 4.69) is 0 Å². The number of carbonyl (C=O) groups excluding carboxylic acids is 2. The third-order valence-corrected chi connectivity index (χ3v) is 6.83. The van der Waals surface area contributed by atoms with E-state index in [1.165, 1.54) is 49.5 Å². The van der Waals surface area contributed by atoms with Gasteiger partial charge in [-0.15, -0.1) is 0 Å². The Kier molecular flexibility index (Phi) is 7.40. The summed E-state index contributed by atoms with van der Waals surface area (Å²) in [6, 6.07) is 14.2. The van der Waals surface area contributed by atoms with E-state index >= 15 is 0 Å². The van der Waals surface area contributed by atoms with Gasteiger partial charge in [0.2, 0.25) is 5.78 Å². The van der Waals surface area contributed by atoms with Crippen LogP contribution >= 0.6 is 11.6 Å². The molecule has 0 aliphatic carbocycles. The van der Waals surface area contributed by atoms with Crippen molar-refractivity contribution < 1.29 is 37.7 Å². The molecule has 2 heterocycles. The summed E-state index contributed by atoms with van der Waals surface area (Å²) >= 11 is 6.18. The molecule has 3 aromatic carbocycles. The second-order valence-corrected chi connectivity index (χ2v) is 9.47. The van der Waals surface area contributed by atoms with Crippen molar-refractivity contribution in [1.82, 2.24) is 4.90 Å². The van der Waals surface area contributed by atoms with E-state index in [4.69, 9.17) is 30.2 Å². The highest BCUT2D eigenvalue weighted by atomic mass is 35.5. The standard InChI is InChI=1S/C30H25ClFNO7/c1-4-39-22-12-17(7-10-21(22)37-2)26-25(28(35)30(36)33(26)15-16-5-8-20(32)9-6-16)27(34)23-13-18-11-19(31)14-24(38-3)29(18)40-23/h5-14,26,35H,4,15H2,1-3H3. The molecule has 0 saturated carbocycles. The van der Waals surface area contributed by atoms with Gasteiger partial charge in [0.25, 0.3) is 5.91 Å². The Morgan fingerprint density at radius 3 is 2.42 bits per heavy atom. The van der Waals surface area contributed by atoms with Crippen molar-refractivity contribution in [1.29, 1.82) is 0 Å². The minimum Gasteiger partial charge on any atom is -0.503 e. The molecule has 1 amide bonds. The van der Waals surface area contributed by atoms with Crippen LogP contribution in [0.1, 0.15) is 34.6 Å². The van der Waals surface area contributed by atoms with Gasteiger partial charge in [-0.3, -0.25) is 9.59 Å². The van der Waals surface area contributed by atoms with E-state index < -0.39 is 29.3 Å². The lowest BCUT2D eigenvalue weighted by atomic mass is 9.94. The molecule has 206 valence electrons. The second kappa shape index (κ2) is 10.9. The SMILES string of the molecule is CCOc1cc(C2C(C(=O)c3cc4cc(Cl)cc(OC)c4o3)=C(O)C(=O)N2Cc2ccc(F)cc2)ccc1OC. The molecule has 1 N–H and O–H groups in total. The van der Waals surface area contributed by atoms with Gasteiger partial charge in [0.05, 0.1) is 32.4 Å². The van der Waals surface area contributed by atoms with Crippen LogP contribution in [0.2, 0.25) is 5.02 Å². The molecule has 1 aliphatic rings. The first-order chi connectivity index (χ1) is 19.2. The molecule has 0 fully saturated rings.